The zero-order valence-electron chi connectivity index (χ0n) is 14.3. The Morgan fingerprint density at radius 3 is 2.62 bits per heavy atom. The predicted octanol–water partition coefficient (Wildman–Crippen LogP) is 4.73. The average Bonchev–Trinajstić information content (AvgIpc) is 3.12. The van der Waals surface area contributed by atoms with Crippen molar-refractivity contribution in [3.8, 4) is 17.1 Å². The molecule has 134 valence electrons. The molecule has 4 rings (SSSR count). The van der Waals surface area contributed by atoms with E-state index in [1.807, 2.05) is 41.0 Å². The van der Waals surface area contributed by atoms with E-state index in [0.29, 0.717) is 11.4 Å². The second kappa shape index (κ2) is 8.01. The smallest absolute Gasteiger partial charge is 0.196 e. The predicted molar refractivity (Wildman–Crippen MR) is 101 cm³/mol. The molecule has 2 heterocycles. The van der Waals surface area contributed by atoms with E-state index in [4.69, 9.17) is 4.74 Å². The van der Waals surface area contributed by atoms with E-state index < -0.39 is 0 Å². The minimum Gasteiger partial charge on any atom is -0.377 e. The third-order valence-electron chi connectivity index (χ3n) is 4.43. The number of hydrogen-bond donors (Lipinski definition) is 0. The van der Waals surface area contributed by atoms with Gasteiger partial charge in [-0.15, -0.1) is 10.2 Å². The first-order chi connectivity index (χ1) is 12.8. The van der Waals surface area contributed by atoms with Gasteiger partial charge in [0.2, 0.25) is 0 Å². The van der Waals surface area contributed by atoms with E-state index >= 15 is 0 Å². The second-order valence-electron chi connectivity index (χ2n) is 6.26. The van der Waals surface area contributed by atoms with Crippen molar-refractivity contribution in [3.63, 3.8) is 0 Å². The fourth-order valence-corrected chi connectivity index (χ4v) is 4.11. The molecule has 26 heavy (non-hydrogen) atoms. The van der Waals surface area contributed by atoms with Crippen LogP contribution in [-0.2, 0) is 4.74 Å². The van der Waals surface area contributed by atoms with Crippen LogP contribution in [-0.4, -0.2) is 33.2 Å². The highest BCUT2D eigenvalue weighted by Crippen LogP contribution is 2.30. The lowest BCUT2D eigenvalue weighted by atomic mass is 10.1. The summed E-state index contributed by atoms with van der Waals surface area (Å²) in [5, 5.41) is 9.40. The number of rotatable bonds is 5. The van der Waals surface area contributed by atoms with Crippen LogP contribution in [0.2, 0.25) is 0 Å². The van der Waals surface area contributed by atoms with Crippen LogP contribution in [0.4, 0.5) is 4.39 Å². The maximum absolute atomic E-state index is 14.3. The summed E-state index contributed by atoms with van der Waals surface area (Å²) in [7, 11) is 0. The summed E-state index contributed by atoms with van der Waals surface area (Å²) in [4.78, 5) is 0. The highest BCUT2D eigenvalue weighted by atomic mass is 32.2. The van der Waals surface area contributed by atoms with Crippen LogP contribution in [0.3, 0.4) is 0 Å². The second-order valence-corrected chi connectivity index (χ2v) is 7.24. The number of nitrogens with zero attached hydrogens (tertiary/aromatic N) is 3. The van der Waals surface area contributed by atoms with Crippen molar-refractivity contribution in [3.05, 3.63) is 60.4 Å². The van der Waals surface area contributed by atoms with E-state index in [1.165, 1.54) is 12.5 Å². The minimum absolute atomic E-state index is 0.242. The molecule has 0 unspecified atom stereocenters. The Morgan fingerprint density at radius 1 is 1.04 bits per heavy atom. The quantitative estimate of drug-likeness (QED) is 0.609. The fourth-order valence-electron chi connectivity index (χ4n) is 3.10. The summed E-state index contributed by atoms with van der Waals surface area (Å²) in [6.07, 6.45) is 3.66. The first-order valence-corrected chi connectivity index (χ1v) is 9.81. The highest BCUT2D eigenvalue weighted by Gasteiger charge is 2.21. The van der Waals surface area contributed by atoms with Gasteiger partial charge < -0.3 is 4.74 Å². The maximum Gasteiger partial charge on any atom is 0.196 e. The summed E-state index contributed by atoms with van der Waals surface area (Å²) in [6, 6.07) is 16.5. The molecule has 0 spiro atoms. The number of thioether (sulfide) groups is 1. The maximum atomic E-state index is 14.3. The van der Waals surface area contributed by atoms with Crippen LogP contribution in [0, 0.1) is 5.82 Å². The first-order valence-electron chi connectivity index (χ1n) is 8.83. The molecule has 4 nitrogen and oxygen atoms in total. The van der Waals surface area contributed by atoms with Gasteiger partial charge >= 0.3 is 0 Å². The van der Waals surface area contributed by atoms with Gasteiger partial charge in [-0.3, -0.25) is 4.57 Å². The van der Waals surface area contributed by atoms with Gasteiger partial charge in [0.05, 0.1) is 11.7 Å². The Kier molecular flexibility index (Phi) is 5.32. The van der Waals surface area contributed by atoms with Gasteiger partial charge in [-0.05, 0) is 43.5 Å². The van der Waals surface area contributed by atoms with Crippen molar-refractivity contribution >= 4 is 11.8 Å². The van der Waals surface area contributed by atoms with Crippen LogP contribution in [0.15, 0.2) is 59.8 Å². The first kappa shape index (κ1) is 17.2. The lowest BCUT2D eigenvalue weighted by Crippen LogP contribution is -2.21. The molecule has 1 fully saturated rings. The Morgan fingerprint density at radius 2 is 1.85 bits per heavy atom. The molecule has 1 atom stereocenters. The monoisotopic (exact) mass is 369 g/mol. The zero-order chi connectivity index (χ0) is 17.8. The SMILES string of the molecule is Fc1ccccc1-c1nnc(SC[C@H]2CCCCO2)n1-c1ccccc1. The molecule has 1 aliphatic heterocycles. The van der Waals surface area contributed by atoms with Crippen molar-refractivity contribution in [2.24, 2.45) is 0 Å². The van der Waals surface area contributed by atoms with Gasteiger partial charge in [0.25, 0.3) is 0 Å². The number of benzene rings is 2. The van der Waals surface area contributed by atoms with Crippen LogP contribution < -0.4 is 0 Å². The molecule has 3 aromatic rings. The van der Waals surface area contributed by atoms with Crippen LogP contribution in [0.1, 0.15) is 19.3 Å². The summed E-state index contributed by atoms with van der Waals surface area (Å²) in [5.41, 5.74) is 1.37. The topological polar surface area (TPSA) is 39.9 Å². The highest BCUT2D eigenvalue weighted by molar-refractivity contribution is 7.99. The molecule has 1 saturated heterocycles. The number of hydrogen-bond acceptors (Lipinski definition) is 4. The molecule has 1 aromatic heterocycles. The third kappa shape index (κ3) is 3.66. The molecule has 2 aromatic carbocycles. The molecule has 1 aliphatic rings. The standard InChI is InChI=1S/C20H20FN3OS/c21-18-12-5-4-11-17(18)19-22-23-20(24(19)15-8-2-1-3-9-15)26-14-16-10-6-7-13-25-16/h1-5,8-9,11-12,16H,6-7,10,13-14H2/t16-/m1/s1. The number of ether oxygens (including phenoxy) is 1. The van der Waals surface area contributed by atoms with Crippen LogP contribution in [0.25, 0.3) is 17.1 Å². The van der Waals surface area contributed by atoms with E-state index in [0.717, 1.165) is 36.0 Å². The van der Waals surface area contributed by atoms with Gasteiger partial charge in [0.15, 0.2) is 11.0 Å². The minimum atomic E-state index is -0.302. The molecule has 0 radical (unpaired) electrons. The lowest BCUT2D eigenvalue weighted by molar-refractivity contribution is 0.0315. The number of aromatic nitrogens is 3. The largest absolute Gasteiger partial charge is 0.377 e. The molecule has 0 saturated carbocycles. The van der Waals surface area contributed by atoms with E-state index in [-0.39, 0.29) is 11.9 Å². The molecular formula is C20H20FN3OS. The van der Waals surface area contributed by atoms with Gasteiger partial charge in [0, 0.05) is 18.0 Å². The number of halogens is 1. The third-order valence-corrected chi connectivity index (χ3v) is 5.50. The van der Waals surface area contributed by atoms with Crippen molar-refractivity contribution in [1.29, 1.82) is 0 Å². The molecule has 6 heteroatoms. The van der Waals surface area contributed by atoms with Crippen molar-refractivity contribution < 1.29 is 9.13 Å². The van der Waals surface area contributed by atoms with E-state index in [9.17, 15) is 4.39 Å². The molecule has 0 N–H and O–H groups in total. The molecule has 0 bridgehead atoms. The normalized spacial score (nSPS) is 17.3. The van der Waals surface area contributed by atoms with E-state index in [1.54, 1.807) is 23.9 Å². The Balaban J connectivity index is 1.69. The number of para-hydroxylation sites is 1. The van der Waals surface area contributed by atoms with Gasteiger partial charge in [-0.2, -0.15) is 0 Å². The van der Waals surface area contributed by atoms with E-state index in [2.05, 4.69) is 10.2 Å². The molecule has 0 aliphatic carbocycles. The Bertz CT molecular complexity index is 863. The summed E-state index contributed by atoms with van der Waals surface area (Å²) in [6.45, 7) is 0.830. The average molecular weight is 369 g/mol. The van der Waals surface area contributed by atoms with Crippen molar-refractivity contribution in [1.82, 2.24) is 14.8 Å². The summed E-state index contributed by atoms with van der Waals surface area (Å²) in [5.74, 6) is 1.04. The zero-order valence-corrected chi connectivity index (χ0v) is 15.2. The summed E-state index contributed by atoms with van der Waals surface area (Å²) >= 11 is 1.61. The van der Waals surface area contributed by atoms with Crippen LogP contribution >= 0.6 is 11.8 Å². The van der Waals surface area contributed by atoms with Crippen molar-refractivity contribution in [2.75, 3.05) is 12.4 Å². The molecular weight excluding hydrogens is 349 g/mol. The Labute approximate surface area is 156 Å². The fraction of sp³-hybridized carbons (Fsp3) is 0.300. The molecule has 0 amide bonds. The van der Waals surface area contributed by atoms with Gasteiger partial charge in [-0.25, -0.2) is 4.39 Å². The van der Waals surface area contributed by atoms with Gasteiger partial charge in [-0.1, -0.05) is 42.1 Å². The lowest BCUT2D eigenvalue weighted by Gasteiger charge is -2.22. The van der Waals surface area contributed by atoms with Crippen molar-refractivity contribution in [2.45, 2.75) is 30.5 Å². The summed E-state index contributed by atoms with van der Waals surface area (Å²) < 4.78 is 22.1. The van der Waals surface area contributed by atoms with Crippen LogP contribution in [0.5, 0.6) is 0 Å². The van der Waals surface area contributed by atoms with Gasteiger partial charge in [0.1, 0.15) is 5.82 Å². The Hall–Kier alpha value is -2.18.